The highest BCUT2D eigenvalue weighted by Crippen LogP contribution is 2.28. The molecule has 1 atom stereocenters. The quantitative estimate of drug-likeness (QED) is 0.858. The summed E-state index contributed by atoms with van der Waals surface area (Å²) in [6.07, 6.45) is 6.96. The van der Waals surface area contributed by atoms with E-state index in [0.29, 0.717) is 6.04 Å². The molecule has 0 unspecified atom stereocenters. The minimum atomic E-state index is 0.586. The Morgan fingerprint density at radius 3 is 2.45 bits per heavy atom. The van der Waals surface area contributed by atoms with Gasteiger partial charge in [-0.15, -0.1) is 0 Å². The summed E-state index contributed by atoms with van der Waals surface area (Å²) >= 11 is 0. The fraction of sp³-hybridized carbons (Fsp3) is 0.647. The Morgan fingerprint density at radius 2 is 1.80 bits per heavy atom. The van der Waals surface area contributed by atoms with Crippen molar-refractivity contribution in [2.45, 2.75) is 51.6 Å². The Kier molecular flexibility index (Phi) is 5.72. The van der Waals surface area contributed by atoms with E-state index in [1.807, 2.05) is 6.07 Å². The van der Waals surface area contributed by atoms with Gasteiger partial charge in [0.25, 0.3) is 0 Å². The molecule has 20 heavy (non-hydrogen) atoms. The summed E-state index contributed by atoms with van der Waals surface area (Å²) in [7, 11) is 3.35. The van der Waals surface area contributed by atoms with E-state index in [-0.39, 0.29) is 0 Å². The normalized spacial score (nSPS) is 17.8. The Bertz CT molecular complexity index is 413. The van der Waals surface area contributed by atoms with E-state index < -0.39 is 0 Å². The maximum Gasteiger partial charge on any atom is 0.161 e. The number of rotatable bonds is 6. The third-order valence-corrected chi connectivity index (χ3v) is 4.43. The Balaban J connectivity index is 1.89. The molecule has 0 bridgehead atoms. The standard InChI is InChI=1S/C17H27NO2/c1-13(15-7-5-4-6-8-15)18-12-14-9-10-16(19-2)17(11-14)20-3/h9-11,13,15,18H,4-8,12H2,1-3H3/t13-/m0/s1. The van der Waals surface area contributed by atoms with Gasteiger partial charge in [-0.25, -0.2) is 0 Å². The molecule has 0 radical (unpaired) electrons. The molecule has 0 aliphatic heterocycles. The van der Waals surface area contributed by atoms with Gasteiger partial charge in [0.2, 0.25) is 0 Å². The zero-order chi connectivity index (χ0) is 14.4. The lowest BCUT2D eigenvalue weighted by Gasteiger charge is -2.28. The number of benzene rings is 1. The topological polar surface area (TPSA) is 30.5 Å². The van der Waals surface area contributed by atoms with Crippen LogP contribution in [-0.2, 0) is 6.54 Å². The second-order valence-corrected chi connectivity index (χ2v) is 5.76. The van der Waals surface area contributed by atoms with E-state index in [0.717, 1.165) is 24.0 Å². The molecule has 1 aromatic rings. The Hall–Kier alpha value is -1.22. The van der Waals surface area contributed by atoms with Crippen LogP contribution >= 0.6 is 0 Å². The van der Waals surface area contributed by atoms with E-state index in [2.05, 4.69) is 24.4 Å². The van der Waals surface area contributed by atoms with E-state index in [4.69, 9.17) is 9.47 Å². The molecular formula is C17H27NO2. The zero-order valence-corrected chi connectivity index (χ0v) is 12.9. The van der Waals surface area contributed by atoms with Crippen LogP contribution in [-0.4, -0.2) is 20.3 Å². The first-order chi connectivity index (χ1) is 9.74. The van der Waals surface area contributed by atoms with Crippen molar-refractivity contribution in [1.29, 1.82) is 0 Å². The first kappa shape index (κ1) is 15.2. The molecular weight excluding hydrogens is 250 g/mol. The molecule has 1 saturated carbocycles. The van der Waals surface area contributed by atoms with Gasteiger partial charge in [0, 0.05) is 12.6 Å². The van der Waals surface area contributed by atoms with Gasteiger partial charge in [-0.2, -0.15) is 0 Å². The maximum atomic E-state index is 5.35. The summed E-state index contributed by atoms with van der Waals surface area (Å²) in [4.78, 5) is 0. The van der Waals surface area contributed by atoms with Gasteiger partial charge in [0.05, 0.1) is 14.2 Å². The van der Waals surface area contributed by atoms with E-state index in [1.54, 1.807) is 14.2 Å². The predicted octanol–water partition coefficient (Wildman–Crippen LogP) is 3.76. The average Bonchev–Trinajstić information content (AvgIpc) is 2.53. The molecule has 2 rings (SSSR count). The van der Waals surface area contributed by atoms with Crippen LogP contribution in [0.4, 0.5) is 0 Å². The third-order valence-electron chi connectivity index (χ3n) is 4.43. The van der Waals surface area contributed by atoms with Gasteiger partial charge < -0.3 is 14.8 Å². The monoisotopic (exact) mass is 277 g/mol. The summed E-state index contributed by atoms with van der Waals surface area (Å²) in [5, 5.41) is 3.66. The predicted molar refractivity (Wildman–Crippen MR) is 82.4 cm³/mol. The minimum absolute atomic E-state index is 0.586. The SMILES string of the molecule is COc1ccc(CN[C@@H](C)C2CCCCC2)cc1OC. The van der Waals surface area contributed by atoms with E-state index in [9.17, 15) is 0 Å². The van der Waals surface area contributed by atoms with Crippen LogP contribution in [0.15, 0.2) is 18.2 Å². The molecule has 0 heterocycles. The van der Waals surface area contributed by atoms with Crippen LogP contribution in [0.5, 0.6) is 11.5 Å². The first-order valence-electron chi connectivity index (χ1n) is 7.69. The van der Waals surface area contributed by atoms with Gasteiger partial charge in [-0.3, -0.25) is 0 Å². The molecule has 0 saturated heterocycles. The van der Waals surface area contributed by atoms with Gasteiger partial charge in [0.1, 0.15) is 0 Å². The van der Waals surface area contributed by atoms with E-state index in [1.165, 1.54) is 37.7 Å². The fourth-order valence-corrected chi connectivity index (χ4v) is 3.07. The first-order valence-corrected chi connectivity index (χ1v) is 7.69. The third kappa shape index (κ3) is 3.89. The minimum Gasteiger partial charge on any atom is -0.493 e. The van der Waals surface area contributed by atoms with Crippen LogP contribution in [0, 0.1) is 5.92 Å². The smallest absolute Gasteiger partial charge is 0.161 e. The maximum absolute atomic E-state index is 5.35. The summed E-state index contributed by atoms with van der Waals surface area (Å²) in [5.41, 5.74) is 1.24. The summed E-state index contributed by atoms with van der Waals surface area (Å²) in [5.74, 6) is 2.43. The van der Waals surface area contributed by atoms with Crippen LogP contribution in [0.3, 0.4) is 0 Å². The van der Waals surface area contributed by atoms with Gasteiger partial charge >= 0.3 is 0 Å². The second-order valence-electron chi connectivity index (χ2n) is 5.76. The van der Waals surface area contributed by atoms with Crippen molar-refractivity contribution < 1.29 is 9.47 Å². The summed E-state index contributed by atoms with van der Waals surface area (Å²) in [6, 6.07) is 6.71. The number of methoxy groups -OCH3 is 2. The van der Waals surface area contributed by atoms with Crippen molar-refractivity contribution in [1.82, 2.24) is 5.32 Å². The second kappa shape index (κ2) is 7.53. The largest absolute Gasteiger partial charge is 0.493 e. The fourth-order valence-electron chi connectivity index (χ4n) is 3.07. The van der Waals surface area contributed by atoms with Gasteiger partial charge in [0.15, 0.2) is 11.5 Å². The van der Waals surface area contributed by atoms with Crippen LogP contribution in [0.25, 0.3) is 0 Å². The number of hydrogen-bond donors (Lipinski definition) is 1. The number of hydrogen-bond acceptors (Lipinski definition) is 3. The summed E-state index contributed by atoms with van der Waals surface area (Å²) in [6.45, 7) is 3.20. The van der Waals surface area contributed by atoms with Crippen molar-refractivity contribution in [2.24, 2.45) is 5.92 Å². The molecule has 0 amide bonds. The van der Waals surface area contributed by atoms with Crippen molar-refractivity contribution >= 4 is 0 Å². The molecule has 1 fully saturated rings. The lowest BCUT2D eigenvalue weighted by Crippen LogP contribution is -2.34. The van der Waals surface area contributed by atoms with Crippen LogP contribution < -0.4 is 14.8 Å². The Morgan fingerprint density at radius 1 is 1.10 bits per heavy atom. The highest BCUT2D eigenvalue weighted by atomic mass is 16.5. The van der Waals surface area contributed by atoms with Crippen molar-refractivity contribution in [3.05, 3.63) is 23.8 Å². The lowest BCUT2D eigenvalue weighted by atomic mass is 9.84. The molecule has 112 valence electrons. The highest BCUT2D eigenvalue weighted by molar-refractivity contribution is 5.42. The molecule has 1 aliphatic rings. The van der Waals surface area contributed by atoms with E-state index >= 15 is 0 Å². The molecule has 0 aromatic heterocycles. The number of nitrogens with one attached hydrogen (secondary N) is 1. The van der Waals surface area contributed by atoms with Gasteiger partial charge in [-0.05, 0) is 43.4 Å². The molecule has 1 N–H and O–H groups in total. The molecule has 3 nitrogen and oxygen atoms in total. The van der Waals surface area contributed by atoms with Crippen molar-refractivity contribution in [2.75, 3.05) is 14.2 Å². The molecule has 0 spiro atoms. The van der Waals surface area contributed by atoms with Crippen LogP contribution in [0.1, 0.15) is 44.6 Å². The zero-order valence-electron chi connectivity index (χ0n) is 12.9. The average molecular weight is 277 g/mol. The van der Waals surface area contributed by atoms with Crippen molar-refractivity contribution in [3.63, 3.8) is 0 Å². The summed E-state index contributed by atoms with van der Waals surface area (Å²) < 4.78 is 10.6. The molecule has 1 aliphatic carbocycles. The van der Waals surface area contributed by atoms with Crippen LogP contribution in [0.2, 0.25) is 0 Å². The number of ether oxygens (including phenoxy) is 2. The van der Waals surface area contributed by atoms with Gasteiger partial charge in [-0.1, -0.05) is 25.3 Å². The highest BCUT2D eigenvalue weighted by Gasteiger charge is 2.19. The lowest BCUT2D eigenvalue weighted by molar-refractivity contribution is 0.280. The van der Waals surface area contributed by atoms with Crippen molar-refractivity contribution in [3.8, 4) is 11.5 Å². The Labute approximate surface area is 122 Å². The molecule has 1 aromatic carbocycles. The molecule has 3 heteroatoms.